The van der Waals surface area contributed by atoms with Crippen molar-refractivity contribution in [1.82, 2.24) is 20.1 Å². The molecule has 0 bridgehead atoms. The van der Waals surface area contributed by atoms with Gasteiger partial charge in [-0.3, -0.25) is 19.4 Å². The van der Waals surface area contributed by atoms with Crippen LogP contribution in [0.3, 0.4) is 0 Å². The number of aromatic nitrogens is 1. The average Bonchev–Trinajstić information content (AvgIpc) is 3.15. The lowest BCUT2D eigenvalue weighted by molar-refractivity contribution is -0.123. The maximum Gasteiger partial charge on any atom is 0.240 e. The highest BCUT2D eigenvalue weighted by Gasteiger charge is 2.20. The Morgan fingerprint density at radius 3 is 2.27 bits per heavy atom. The first-order valence-corrected chi connectivity index (χ1v) is 9.52. The van der Waals surface area contributed by atoms with Gasteiger partial charge in [-0.25, -0.2) is 4.98 Å². The van der Waals surface area contributed by atoms with E-state index in [1.807, 2.05) is 35.7 Å². The molecule has 0 atom stereocenters. The second-order valence-electron chi connectivity index (χ2n) is 6.20. The summed E-state index contributed by atoms with van der Waals surface area (Å²) in [7, 11) is 0. The summed E-state index contributed by atoms with van der Waals surface area (Å²) in [4.78, 5) is 32.3. The summed E-state index contributed by atoms with van der Waals surface area (Å²) in [5, 5.41) is 8.20. The molecule has 2 aromatic rings. The Kier molecular flexibility index (Phi) is 6.70. The smallest absolute Gasteiger partial charge is 0.240 e. The van der Waals surface area contributed by atoms with Gasteiger partial charge in [0.05, 0.1) is 13.1 Å². The molecule has 0 aliphatic carbocycles. The van der Waals surface area contributed by atoms with Crippen LogP contribution in [0.2, 0.25) is 0 Å². The third-order valence-electron chi connectivity index (χ3n) is 4.21. The molecule has 1 fully saturated rings. The molecule has 1 aromatic heterocycles. The normalized spacial score (nSPS) is 15.5. The Balaban J connectivity index is 1.33. The molecule has 0 unspecified atom stereocenters. The molecule has 0 radical (unpaired) electrons. The lowest BCUT2D eigenvalue weighted by atomic mass is 10.2. The fraction of sp³-hybridized carbons (Fsp3) is 0.389. The van der Waals surface area contributed by atoms with E-state index in [-0.39, 0.29) is 11.8 Å². The van der Waals surface area contributed by atoms with Crippen LogP contribution in [0.4, 0.5) is 5.13 Å². The topological polar surface area (TPSA) is 77.6 Å². The second-order valence-corrected chi connectivity index (χ2v) is 7.09. The van der Waals surface area contributed by atoms with Crippen molar-refractivity contribution >= 4 is 28.3 Å². The first-order chi connectivity index (χ1) is 12.7. The molecular weight excluding hydrogens is 350 g/mol. The Morgan fingerprint density at radius 2 is 1.65 bits per heavy atom. The third-order valence-corrected chi connectivity index (χ3v) is 4.90. The van der Waals surface area contributed by atoms with Crippen molar-refractivity contribution in [2.45, 2.75) is 6.54 Å². The van der Waals surface area contributed by atoms with E-state index in [0.717, 1.165) is 31.7 Å². The monoisotopic (exact) mass is 373 g/mol. The van der Waals surface area contributed by atoms with Crippen LogP contribution in [0.5, 0.6) is 0 Å². The lowest BCUT2D eigenvalue weighted by Gasteiger charge is -2.33. The van der Waals surface area contributed by atoms with Gasteiger partial charge in [0.15, 0.2) is 5.13 Å². The molecule has 2 heterocycles. The number of amides is 2. The highest BCUT2D eigenvalue weighted by Crippen LogP contribution is 2.10. The predicted octanol–water partition coefficient (Wildman–Crippen LogP) is 1.02. The van der Waals surface area contributed by atoms with Crippen LogP contribution in [-0.2, 0) is 16.1 Å². The van der Waals surface area contributed by atoms with E-state index in [2.05, 4.69) is 25.4 Å². The molecule has 0 saturated carbocycles. The summed E-state index contributed by atoms with van der Waals surface area (Å²) in [6, 6.07) is 9.88. The number of piperazine rings is 1. The number of anilines is 1. The van der Waals surface area contributed by atoms with E-state index < -0.39 is 0 Å². The largest absolute Gasteiger partial charge is 0.351 e. The number of benzene rings is 1. The van der Waals surface area contributed by atoms with E-state index in [4.69, 9.17) is 0 Å². The molecule has 0 spiro atoms. The molecule has 1 aromatic carbocycles. The van der Waals surface area contributed by atoms with Gasteiger partial charge >= 0.3 is 0 Å². The number of carbonyl (C=O) groups is 2. The van der Waals surface area contributed by atoms with Crippen molar-refractivity contribution in [3.63, 3.8) is 0 Å². The summed E-state index contributed by atoms with van der Waals surface area (Å²) in [5.41, 5.74) is 1.09. The van der Waals surface area contributed by atoms with Gasteiger partial charge in [-0.2, -0.15) is 0 Å². The molecule has 7 nitrogen and oxygen atoms in total. The van der Waals surface area contributed by atoms with Gasteiger partial charge in [-0.1, -0.05) is 30.3 Å². The van der Waals surface area contributed by atoms with Crippen molar-refractivity contribution < 1.29 is 9.59 Å². The van der Waals surface area contributed by atoms with Gasteiger partial charge in [-0.15, -0.1) is 11.3 Å². The standard InChI is InChI=1S/C18H23N5O2S/c24-16(20-12-15-4-2-1-3-5-15)13-22-7-9-23(10-8-22)14-17(25)21-18-19-6-11-26-18/h1-6,11H,7-10,12-14H2,(H,20,24)(H,19,21,25). The van der Waals surface area contributed by atoms with Crippen LogP contribution < -0.4 is 10.6 Å². The zero-order chi connectivity index (χ0) is 18.2. The minimum absolute atomic E-state index is 0.0313. The Hall–Kier alpha value is -2.29. The van der Waals surface area contributed by atoms with Gasteiger partial charge in [0.25, 0.3) is 0 Å². The van der Waals surface area contributed by atoms with Crippen molar-refractivity contribution in [1.29, 1.82) is 0 Å². The van der Waals surface area contributed by atoms with E-state index in [9.17, 15) is 9.59 Å². The summed E-state index contributed by atoms with van der Waals surface area (Å²) in [5.74, 6) is -0.0159. The van der Waals surface area contributed by atoms with Crippen LogP contribution in [0, 0.1) is 0 Å². The first kappa shape index (κ1) is 18.5. The Labute approximate surface area is 157 Å². The zero-order valence-corrected chi connectivity index (χ0v) is 15.4. The molecule has 3 rings (SSSR count). The minimum atomic E-state index is -0.0472. The molecule has 138 valence electrons. The molecule has 1 saturated heterocycles. The van der Waals surface area contributed by atoms with Crippen LogP contribution in [0.25, 0.3) is 0 Å². The van der Waals surface area contributed by atoms with Crippen LogP contribution in [0.15, 0.2) is 41.9 Å². The molecule has 1 aliphatic rings. The summed E-state index contributed by atoms with van der Waals surface area (Å²) in [6.45, 7) is 4.41. The Bertz CT molecular complexity index is 700. The number of nitrogens with zero attached hydrogens (tertiary/aromatic N) is 3. The van der Waals surface area contributed by atoms with Gasteiger partial charge in [0, 0.05) is 44.3 Å². The fourth-order valence-electron chi connectivity index (χ4n) is 2.81. The number of rotatable bonds is 7. The maximum absolute atomic E-state index is 12.1. The van der Waals surface area contributed by atoms with Gasteiger partial charge in [0.1, 0.15) is 0 Å². The van der Waals surface area contributed by atoms with Gasteiger partial charge in [0.2, 0.25) is 11.8 Å². The summed E-state index contributed by atoms with van der Waals surface area (Å²) < 4.78 is 0. The van der Waals surface area contributed by atoms with Crippen LogP contribution >= 0.6 is 11.3 Å². The molecular formula is C18H23N5O2S. The third kappa shape index (κ3) is 5.91. The highest BCUT2D eigenvalue weighted by molar-refractivity contribution is 7.13. The number of nitrogens with one attached hydrogen (secondary N) is 2. The van der Waals surface area contributed by atoms with E-state index >= 15 is 0 Å². The quantitative estimate of drug-likeness (QED) is 0.758. The molecule has 8 heteroatoms. The molecule has 2 amide bonds. The fourth-order valence-corrected chi connectivity index (χ4v) is 3.35. The number of thiazole rings is 1. The Morgan fingerprint density at radius 1 is 1.00 bits per heavy atom. The maximum atomic E-state index is 12.1. The van der Waals surface area contributed by atoms with Crippen LogP contribution in [0.1, 0.15) is 5.56 Å². The minimum Gasteiger partial charge on any atom is -0.351 e. The number of hydrogen-bond acceptors (Lipinski definition) is 6. The van der Waals surface area contributed by atoms with Crippen molar-refractivity contribution in [2.75, 3.05) is 44.6 Å². The average molecular weight is 373 g/mol. The molecule has 1 aliphatic heterocycles. The molecule has 2 N–H and O–H groups in total. The highest BCUT2D eigenvalue weighted by atomic mass is 32.1. The van der Waals surface area contributed by atoms with Crippen molar-refractivity contribution in [2.24, 2.45) is 0 Å². The lowest BCUT2D eigenvalue weighted by Crippen LogP contribution is -2.50. The van der Waals surface area contributed by atoms with Gasteiger partial charge in [-0.05, 0) is 5.56 Å². The van der Waals surface area contributed by atoms with Crippen LogP contribution in [-0.4, -0.2) is 65.9 Å². The van der Waals surface area contributed by atoms with Crippen molar-refractivity contribution in [3.8, 4) is 0 Å². The zero-order valence-electron chi connectivity index (χ0n) is 14.6. The number of hydrogen-bond donors (Lipinski definition) is 2. The summed E-state index contributed by atoms with van der Waals surface area (Å²) >= 11 is 1.41. The molecule has 26 heavy (non-hydrogen) atoms. The van der Waals surface area contributed by atoms with E-state index in [1.165, 1.54) is 11.3 Å². The predicted molar refractivity (Wildman–Crippen MR) is 102 cm³/mol. The first-order valence-electron chi connectivity index (χ1n) is 8.64. The van der Waals surface area contributed by atoms with E-state index in [1.54, 1.807) is 6.20 Å². The SMILES string of the molecule is O=C(CN1CCN(CC(=O)Nc2nccs2)CC1)NCc1ccccc1. The van der Waals surface area contributed by atoms with Gasteiger partial charge < -0.3 is 10.6 Å². The van der Waals surface area contributed by atoms with E-state index in [0.29, 0.717) is 24.8 Å². The number of carbonyl (C=O) groups excluding carboxylic acids is 2. The van der Waals surface area contributed by atoms with Crippen molar-refractivity contribution in [3.05, 3.63) is 47.5 Å². The second kappa shape index (κ2) is 9.42. The summed E-state index contributed by atoms with van der Waals surface area (Å²) in [6.07, 6.45) is 1.67.